The number of carbonyl (C=O) groups is 1. The highest BCUT2D eigenvalue weighted by molar-refractivity contribution is 6.02. The molecule has 0 aliphatic rings. The van der Waals surface area contributed by atoms with Crippen molar-refractivity contribution in [2.45, 2.75) is 20.4 Å². The van der Waals surface area contributed by atoms with E-state index in [2.05, 4.69) is 20.8 Å². The molecule has 0 saturated carbocycles. The lowest BCUT2D eigenvalue weighted by Gasteiger charge is -2.07. The topological polar surface area (TPSA) is 80.0 Å². The number of hydrogen-bond acceptors (Lipinski definition) is 5. The molecule has 122 valence electrons. The Morgan fingerprint density at radius 2 is 1.96 bits per heavy atom. The van der Waals surface area contributed by atoms with Crippen LogP contribution in [0.25, 0.3) is 0 Å². The van der Waals surface area contributed by atoms with Crippen molar-refractivity contribution < 1.29 is 9.21 Å². The minimum Gasteiger partial charge on any atom is -0.467 e. The highest BCUT2D eigenvalue weighted by Crippen LogP contribution is 2.15. The van der Waals surface area contributed by atoms with Crippen LogP contribution in [0.15, 0.2) is 53.1 Å². The van der Waals surface area contributed by atoms with E-state index in [-0.39, 0.29) is 11.6 Å². The highest BCUT2D eigenvalue weighted by atomic mass is 16.3. The molecule has 0 saturated heterocycles. The van der Waals surface area contributed by atoms with Gasteiger partial charge in [0.2, 0.25) is 0 Å². The zero-order chi connectivity index (χ0) is 16.9. The van der Waals surface area contributed by atoms with Gasteiger partial charge in [-0.3, -0.25) is 4.79 Å². The number of nitrogens with one attached hydrogen (secondary N) is 2. The predicted molar refractivity (Wildman–Crippen MR) is 91.9 cm³/mol. The smallest absolute Gasteiger partial charge is 0.276 e. The lowest BCUT2D eigenvalue weighted by molar-refractivity contribution is 0.102. The first-order valence-electron chi connectivity index (χ1n) is 7.60. The van der Waals surface area contributed by atoms with E-state index in [1.807, 2.05) is 44.2 Å². The predicted octanol–water partition coefficient (Wildman–Crippen LogP) is 3.55. The van der Waals surface area contributed by atoms with Crippen LogP contribution < -0.4 is 10.6 Å². The largest absolute Gasteiger partial charge is 0.467 e. The molecule has 6 heteroatoms. The summed E-state index contributed by atoms with van der Waals surface area (Å²) in [6.45, 7) is 4.54. The number of benzene rings is 1. The fraction of sp³-hybridized carbons (Fsp3) is 0.167. The molecule has 0 radical (unpaired) electrons. The molecule has 0 spiro atoms. The molecule has 2 N–H and O–H groups in total. The van der Waals surface area contributed by atoms with E-state index in [1.165, 1.54) is 5.56 Å². The first-order chi connectivity index (χ1) is 11.6. The van der Waals surface area contributed by atoms with E-state index >= 15 is 0 Å². The Morgan fingerprint density at radius 3 is 2.62 bits per heavy atom. The van der Waals surface area contributed by atoms with Gasteiger partial charge in [0.1, 0.15) is 11.6 Å². The average molecular weight is 322 g/mol. The van der Waals surface area contributed by atoms with E-state index in [4.69, 9.17) is 4.42 Å². The lowest BCUT2D eigenvalue weighted by atomic mass is 10.1. The molecular formula is C18H18N4O2. The van der Waals surface area contributed by atoms with Crippen molar-refractivity contribution in [3.8, 4) is 0 Å². The van der Waals surface area contributed by atoms with Gasteiger partial charge in [0.25, 0.3) is 5.91 Å². The molecule has 2 heterocycles. The minimum atomic E-state index is -0.289. The number of amides is 1. The highest BCUT2D eigenvalue weighted by Gasteiger charge is 2.09. The van der Waals surface area contributed by atoms with E-state index < -0.39 is 0 Å². The molecular weight excluding hydrogens is 304 g/mol. The van der Waals surface area contributed by atoms with Gasteiger partial charge in [-0.15, -0.1) is 10.2 Å². The van der Waals surface area contributed by atoms with Crippen LogP contribution in [0.5, 0.6) is 0 Å². The molecule has 0 atom stereocenters. The molecule has 6 nitrogen and oxygen atoms in total. The molecule has 0 unspecified atom stereocenters. The Morgan fingerprint density at radius 1 is 1.08 bits per heavy atom. The number of nitrogens with zero attached hydrogens (tertiary/aromatic N) is 2. The molecule has 0 aliphatic carbocycles. The van der Waals surface area contributed by atoms with Gasteiger partial charge < -0.3 is 15.1 Å². The zero-order valence-corrected chi connectivity index (χ0v) is 13.5. The van der Waals surface area contributed by atoms with Crippen LogP contribution in [0.3, 0.4) is 0 Å². The Labute approximate surface area is 139 Å². The van der Waals surface area contributed by atoms with Crippen molar-refractivity contribution in [1.82, 2.24) is 10.2 Å². The number of carbonyl (C=O) groups excluding carboxylic acids is 1. The van der Waals surface area contributed by atoms with Crippen LogP contribution in [0.1, 0.15) is 27.4 Å². The number of hydrogen-bond donors (Lipinski definition) is 2. The third-order valence-electron chi connectivity index (χ3n) is 3.69. The van der Waals surface area contributed by atoms with Crippen LogP contribution in [-0.4, -0.2) is 16.1 Å². The maximum atomic E-state index is 12.2. The van der Waals surface area contributed by atoms with Gasteiger partial charge in [-0.05, 0) is 61.4 Å². The summed E-state index contributed by atoms with van der Waals surface area (Å²) in [6, 6.07) is 12.8. The van der Waals surface area contributed by atoms with E-state index in [0.717, 1.165) is 17.0 Å². The third-order valence-corrected chi connectivity index (χ3v) is 3.69. The summed E-state index contributed by atoms with van der Waals surface area (Å²) in [6.07, 6.45) is 1.61. The fourth-order valence-electron chi connectivity index (χ4n) is 2.15. The summed E-state index contributed by atoms with van der Waals surface area (Å²) in [4.78, 5) is 12.2. The normalized spacial score (nSPS) is 10.4. The summed E-state index contributed by atoms with van der Waals surface area (Å²) < 4.78 is 5.23. The number of rotatable bonds is 5. The maximum Gasteiger partial charge on any atom is 0.276 e. The average Bonchev–Trinajstić information content (AvgIpc) is 3.10. The number of aryl methyl sites for hydroxylation is 2. The number of anilines is 2. The van der Waals surface area contributed by atoms with Crippen molar-refractivity contribution in [3.05, 3.63) is 71.3 Å². The van der Waals surface area contributed by atoms with Crippen molar-refractivity contribution in [1.29, 1.82) is 0 Å². The Bertz CT molecular complexity index is 827. The number of furan rings is 1. The van der Waals surface area contributed by atoms with Gasteiger partial charge in [0, 0.05) is 5.69 Å². The van der Waals surface area contributed by atoms with Crippen LogP contribution >= 0.6 is 0 Å². The first kappa shape index (κ1) is 15.7. The second-order valence-electron chi connectivity index (χ2n) is 5.49. The molecule has 2 aromatic heterocycles. The summed E-state index contributed by atoms with van der Waals surface area (Å²) in [5, 5.41) is 13.9. The van der Waals surface area contributed by atoms with Crippen molar-refractivity contribution >= 4 is 17.4 Å². The van der Waals surface area contributed by atoms with Gasteiger partial charge in [0.15, 0.2) is 5.69 Å². The SMILES string of the molecule is Cc1ccc(NC(=O)c2ccc(NCc3ccco3)nn2)cc1C. The van der Waals surface area contributed by atoms with Gasteiger partial charge in [-0.2, -0.15) is 0 Å². The van der Waals surface area contributed by atoms with Crippen molar-refractivity contribution in [2.75, 3.05) is 10.6 Å². The van der Waals surface area contributed by atoms with E-state index in [1.54, 1.807) is 18.4 Å². The monoisotopic (exact) mass is 322 g/mol. The third kappa shape index (κ3) is 3.78. The van der Waals surface area contributed by atoms with Gasteiger partial charge >= 0.3 is 0 Å². The second-order valence-corrected chi connectivity index (χ2v) is 5.49. The van der Waals surface area contributed by atoms with Crippen LogP contribution in [0.2, 0.25) is 0 Å². The standard InChI is InChI=1S/C18H18N4O2/c1-12-5-6-14(10-13(12)2)20-18(23)16-7-8-17(22-21-16)19-11-15-4-3-9-24-15/h3-10H,11H2,1-2H3,(H,19,22)(H,20,23). The summed E-state index contributed by atoms with van der Waals surface area (Å²) in [5.41, 5.74) is 3.30. The fourth-order valence-corrected chi connectivity index (χ4v) is 2.15. The maximum absolute atomic E-state index is 12.2. The van der Waals surface area contributed by atoms with E-state index in [0.29, 0.717) is 12.4 Å². The van der Waals surface area contributed by atoms with Crippen LogP contribution in [-0.2, 0) is 6.54 Å². The van der Waals surface area contributed by atoms with Crippen molar-refractivity contribution in [3.63, 3.8) is 0 Å². The zero-order valence-electron chi connectivity index (χ0n) is 13.5. The molecule has 24 heavy (non-hydrogen) atoms. The van der Waals surface area contributed by atoms with Crippen molar-refractivity contribution in [2.24, 2.45) is 0 Å². The molecule has 1 amide bonds. The summed E-state index contributed by atoms with van der Waals surface area (Å²) in [5.74, 6) is 1.09. The van der Waals surface area contributed by atoms with Gasteiger partial charge in [0.05, 0.1) is 12.8 Å². The molecule has 3 aromatic rings. The van der Waals surface area contributed by atoms with Gasteiger partial charge in [-0.25, -0.2) is 0 Å². The summed E-state index contributed by atoms with van der Waals surface area (Å²) >= 11 is 0. The Hall–Kier alpha value is -3.15. The molecule has 0 bridgehead atoms. The molecule has 1 aromatic carbocycles. The quantitative estimate of drug-likeness (QED) is 0.751. The van der Waals surface area contributed by atoms with E-state index in [9.17, 15) is 4.79 Å². The molecule has 0 fully saturated rings. The Kier molecular flexibility index (Phi) is 4.56. The van der Waals surface area contributed by atoms with Crippen LogP contribution in [0, 0.1) is 13.8 Å². The molecule has 3 rings (SSSR count). The lowest BCUT2D eigenvalue weighted by Crippen LogP contribution is -2.15. The molecule has 0 aliphatic heterocycles. The summed E-state index contributed by atoms with van der Waals surface area (Å²) in [7, 11) is 0. The second kappa shape index (κ2) is 6.95. The first-order valence-corrected chi connectivity index (χ1v) is 7.60. The minimum absolute atomic E-state index is 0.261. The number of aromatic nitrogens is 2. The van der Waals surface area contributed by atoms with Gasteiger partial charge in [-0.1, -0.05) is 6.07 Å². The Balaban J connectivity index is 1.61. The van der Waals surface area contributed by atoms with Crippen LogP contribution in [0.4, 0.5) is 11.5 Å².